The van der Waals surface area contributed by atoms with E-state index in [1.54, 1.807) is 77.9 Å². The Labute approximate surface area is 425 Å². The third-order valence-electron chi connectivity index (χ3n) is 12.1. The summed E-state index contributed by atoms with van der Waals surface area (Å²) in [5, 5.41) is 9.32. The van der Waals surface area contributed by atoms with Crippen LogP contribution >= 0.6 is 0 Å². The Morgan fingerprint density at radius 3 is 2.28 bits per heavy atom. The van der Waals surface area contributed by atoms with Gasteiger partial charge in [-0.2, -0.15) is 5.10 Å². The molecule has 2 N–H and O–H groups in total. The minimum Gasteiger partial charge on any atom is -0.459 e. The summed E-state index contributed by atoms with van der Waals surface area (Å²) in [6.07, 6.45) is 0.683. The van der Waals surface area contributed by atoms with Gasteiger partial charge in [0.05, 0.1) is 24.1 Å². The summed E-state index contributed by atoms with van der Waals surface area (Å²) in [5.74, 6) is -1.41. The fourth-order valence-corrected chi connectivity index (χ4v) is 8.31. The third kappa shape index (κ3) is 13.4. The molecule has 5 amide bonds. The summed E-state index contributed by atoms with van der Waals surface area (Å²) in [6, 6.07) is 16.8. The zero-order valence-electron chi connectivity index (χ0n) is 41.9. The molecule has 2 saturated heterocycles. The van der Waals surface area contributed by atoms with Gasteiger partial charge in [-0.1, -0.05) is 42.5 Å². The second kappa shape index (κ2) is 22.1. The Hall–Kier alpha value is -7.91. The van der Waals surface area contributed by atoms with Crippen LogP contribution in [0.15, 0.2) is 89.8 Å². The maximum atomic E-state index is 14.4. The van der Waals surface area contributed by atoms with Crippen LogP contribution < -0.4 is 15.5 Å². The molecular weight excluding hydrogens is 965 g/mol. The average Bonchev–Trinajstić information content (AvgIpc) is 3.78. The van der Waals surface area contributed by atoms with Crippen LogP contribution in [-0.2, 0) is 41.7 Å². The van der Waals surface area contributed by atoms with E-state index >= 15 is 0 Å². The smallest absolute Gasteiger partial charge is 0.416 e. The summed E-state index contributed by atoms with van der Waals surface area (Å²) in [4.78, 5) is 92.9. The van der Waals surface area contributed by atoms with Crippen LogP contribution in [0.4, 0.5) is 34.7 Å². The van der Waals surface area contributed by atoms with Crippen LogP contribution in [0.3, 0.4) is 0 Å². The number of amides is 5. The molecule has 0 radical (unpaired) electrons. The molecule has 1 aliphatic carbocycles. The van der Waals surface area contributed by atoms with Crippen LogP contribution in [0.2, 0.25) is 0 Å². The molecular formula is C52H59F2N9O11. The summed E-state index contributed by atoms with van der Waals surface area (Å²) < 4.78 is 58.0. The number of ether oxygens (including phenoxy) is 4. The van der Waals surface area contributed by atoms with Gasteiger partial charge in [0.25, 0.3) is 12.3 Å². The first-order valence-corrected chi connectivity index (χ1v) is 24.3. The third-order valence-corrected chi connectivity index (χ3v) is 12.1. The van der Waals surface area contributed by atoms with Gasteiger partial charge in [-0.05, 0) is 109 Å². The van der Waals surface area contributed by atoms with Crippen molar-refractivity contribution in [3.63, 3.8) is 0 Å². The van der Waals surface area contributed by atoms with Crippen molar-refractivity contribution in [1.29, 1.82) is 0 Å². The van der Waals surface area contributed by atoms with Crippen molar-refractivity contribution in [2.45, 2.75) is 123 Å². The number of hydrogen-bond donors (Lipinski definition) is 2. The first kappa shape index (κ1) is 52.4. The number of pyridine rings is 1. The molecule has 3 aliphatic rings. The van der Waals surface area contributed by atoms with E-state index < -0.39 is 77.6 Å². The first-order chi connectivity index (χ1) is 35.2. The van der Waals surface area contributed by atoms with E-state index in [2.05, 4.69) is 25.7 Å². The van der Waals surface area contributed by atoms with E-state index in [1.165, 1.54) is 31.8 Å². The average molecular weight is 1020 g/mol. The van der Waals surface area contributed by atoms with Crippen molar-refractivity contribution in [1.82, 2.24) is 34.9 Å². The monoisotopic (exact) mass is 1020 g/mol. The molecule has 74 heavy (non-hydrogen) atoms. The van der Waals surface area contributed by atoms with Crippen LogP contribution in [0.1, 0.15) is 107 Å². The number of rotatable bonds is 15. The van der Waals surface area contributed by atoms with Gasteiger partial charge in [0.15, 0.2) is 11.4 Å². The van der Waals surface area contributed by atoms with Gasteiger partial charge in [0, 0.05) is 37.8 Å². The summed E-state index contributed by atoms with van der Waals surface area (Å²) >= 11 is 0. The molecule has 0 unspecified atom stereocenters. The number of halogens is 2. The number of esters is 1. The van der Waals surface area contributed by atoms with Crippen molar-refractivity contribution in [2.24, 2.45) is 5.92 Å². The zero-order chi connectivity index (χ0) is 52.9. The first-order valence-electron chi connectivity index (χ1n) is 24.3. The van der Waals surface area contributed by atoms with Crippen LogP contribution in [0, 0.1) is 5.92 Å². The maximum absolute atomic E-state index is 14.4. The van der Waals surface area contributed by atoms with Crippen molar-refractivity contribution in [2.75, 3.05) is 29.9 Å². The van der Waals surface area contributed by atoms with Crippen molar-refractivity contribution in [3.8, 4) is 17.1 Å². The SMILES string of the molecule is CC(C)(C)OC(=O)N(CC1CC1)c1cc(-c2nc(C(=O)Nc3cn(-c4ccc(CNC(=O)[C@@H]5C[C@@H](OC(=O)[C@@H]6CCCN6C(=O)OCc6ccccc6)CN5C(=O)OC(C)(C)C)cc4)nc3C(F)F)co2)ccn1. The normalized spacial score (nSPS) is 17.7. The van der Waals surface area contributed by atoms with E-state index in [0.29, 0.717) is 54.5 Å². The second-order valence-corrected chi connectivity index (χ2v) is 20.3. The Balaban J connectivity index is 0.883. The standard InChI is InChI=1S/C52H59F2N9O11/c1-51(2,3)73-49(68)61-27-36(72-47(66)39-13-10-22-60(39)48(67)71-29-33-11-8-7-9-12-33)24-40(61)45(65)56-25-31-16-18-35(19-17-31)63-28-37(42(59-63)43(53)54)57-44(64)38-30-70-46(58-38)34-20-21-55-41(23-34)62(26-32-14-15-32)50(69)74-52(4,5)6/h7-9,11-12,16-21,23,28,30,32,36,39-40,43H,10,13-15,22,24-27,29H2,1-6H3,(H,56,65)(H,57,64)/t36-,39+,40+/m1/s1. The van der Waals surface area contributed by atoms with Crippen molar-refractivity contribution < 1.29 is 60.9 Å². The Kier molecular flexibility index (Phi) is 15.6. The van der Waals surface area contributed by atoms with Crippen LogP contribution in [0.25, 0.3) is 17.1 Å². The van der Waals surface area contributed by atoms with Gasteiger partial charge < -0.3 is 34.0 Å². The fourth-order valence-electron chi connectivity index (χ4n) is 8.31. The van der Waals surface area contributed by atoms with Gasteiger partial charge in [0.1, 0.15) is 48.1 Å². The molecule has 2 aromatic carbocycles. The molecule has 20 nitrogen and oxygen atoms in total. The number of benzene rings is 2. The number of aromatic nitrogens is 4. The highest BCUT2D eigenvalue weighted by molar-refractivity contribution is 6.03. The number of hydrogen-bond acceptors (Lipinski definition) is 14. The predicted molar refractivity (Wildman–Crippen MR) is 262 cm³/mol. The van der Waals surface area contributed by atoms with Gasteiger partial charge in [0.2, 0.25) is 11.8 Å². The number of carbonyl (C=O) groups excluding carboxylic acids is 6. The zero-order valence-corrected chi connectivity index (χ0v) is 41.9. The number of likely N-dealkylation sites (tertiary alicyclic amines) is 2. The number of nitrogens with zero attached hydrogens (tertiary/aromatic N) is 7. The molecule has 3 aromatic heterocycles. The second-order valence-electron chi connectivity index (χ2n) is 20.3. The van der Waals surface area contributed by atoms with Crippen LogP contribution in [0.5, 0.6) is 0 Å². The predicted octanol–water partition coefficient (Wildman–Crippen LogP) is 8.60. The highest BCUT2D eigenvalue weighted by Crippen LogP contribution is 2.34. The lowest BCUT2D eigenvalue weighted by molar-refractivity contribution is -0.153. The molecule has 0 bridgehead atoms. The molecule has 0 spiro atoms. The van der Waals surface area contributed by atoms with E-state index in [-0.39, 0.29) is 43.4 Å². The molecule has 1 saturated carbocycles. The lowest BCUT2D eigenvalue weighted by Gasteiger charge is -2.28. The van der Waals surface area contributed by atoms with Gasteiger partial charge in [-0.3, -0.25) is 24.3 Å². The molecule has 3 fully saturated rings. The topological polar surface area (TPSA) is 230 Å². The fraction of sp³-hybridized carbons (Fsp3) is 0.442. The minimum atomic E-state index is -3.07. The van der Waals surface area contributed by atoms with E-state index in [1.807, 2.05) is 30.3 Å². The number of anilines is 2. The highest BCUT2D eigenvalue weighted by Gasteiger charge is 2.45. The summed E-state index contributed by atoms with van der Waals surface area (Å²) in [5.41, 5.74) is -0.665. The molecule has 392 valence electrons. The lowest BCUT2D eigenvalue weighted by atomic mass is 10.1. The van der Waals surface area contributed by atoms with Crippen LogP contribution in [-0.4, -0.2) is 115 Å². The largest absolute Gasteiger partial charge is 0.459 e. The summed E-state index contributed by atoms with van der Waals surface area (Å²) in [7, 11) is 0. The summed E-state index contributed by atoms with van der Waals surface area (Å²) in [6.45, 7) is 11.0. The molecule has 2 aliphatic heterocycles. The van der Waals surface area contributed by atoms with E-state index in [9.17, 15) is 37.5 Å². The number of carbonyl (C=O) groups is 6. The molecule has 3 atom stereocenters. The molecule has 5 aromatic rings. The van der Waals surface area contributed by atoms with Crippen molar-refractivity contribution >= 4 is 47.6 Å². The molecule has 8 rings (SSSR count). The molecule has 5 heterocycles. The van der Waals surface area contributed by atoms with E-state index in [0.717, 1.165) is 24.7 Å². The lowest BCUT2D eigenvalue weighted by Crippen LogP contribution is -2.47. The van der Waals surface area contributed by atoms with E-state index in [4.69, 9.17) is 23.4 Å². The Morgan fingerprint density at radius 1 is 0.865 bits per heavy atom. The number of nitrogens with one attached hydrogen (secondary N) is 2. The number of oxazole rings is 1. The van der Waals surface area contributed by atoms with Gasteiger partial charge in [-0.25, -0.2) is 42.6 Å². The highest BCUT2D eigenvalue weighted by atomic mass is 19.3. The Bertz CT molecular complexity index is 2840. The molecule has 22 heteroatoms. The Morgan fingerprint density at radius 2 is 1.59 bits per heavy atom. The number of alkyl halides is 2. The maximum Gasteiger partial charge on any atom is 0.416 e. The van der Waals surface area contributed by atoms with Gasteiger partial charge in [-0.15, -0.1) is 0 Å². The van der Waals surface area contributed by atoms with Gasteiger partial charge >= 0.3 is 24.2 Å². The minimum absolute atomic E-state index is 0.00396. The quantitative estimate of drug-likeness (QED) is 0.0739. The van der Waals surface area contributed by atoms with Crippen molar-refractivity contribution in [3.05, 3.63) is 108 Å².